The average molecular weight is 318 g/mol. The lowest BCUT2D eigenvalue weighted by molar-refractivity contribution is 0.408. The highest BCUT2D eigenvalue weighted by molar-refractivity contribution is 5.67. The first-order valence-electron chi connectivity index (χ1n) is 7.25. The number of anilines is 1. The topological polar surface area (TPSA) is 82.3 Å². The van der Waals surface area contributed by atoms with Crippen LogP contribution in [0.25, 0.3) is 4.85 Å². The zero-order valence-electron chi connectivity index (χ0n) is 13.2. The minimum Gasteiger partial charge on any atom is -0.496 e. The van der Waals surface area contributed by atoms with Gasteiger partial charge in [0.15, 0.2) is 5.70 Å². The van der Waals surface area contributed by atoms with E-state index >= 15 is 0 Å². The smallest absolute Gasteiger partial charge is 0.252 e. The normalized spacial score (nSPS) is 15.8. The van der Waals surface area contributed by atoms with Crippen molar-refractivity contribution in [1.29, 1.82) is 5.26 Å². The number of hydrogen-bond donors (Lipinski definition) is 2. The predicted molar refractivity (Wildman–Crippen MR) is 89.5 cm³/mol. The number of benzene rings is 1. The second kappa shape index (κ2) is 5.94. The SMILES string of the molecule is [C-]#[N+]C1=C(C)Nc2cc[nH]c(=O)c2C1c1ccc(C#N)cc1OC. The van der Waals surface area contributed by atoms with Crippen LogP contribution in [0.1, 0.15) is 29.5 Å². The first kappa shape index (κ1) is 15.4. The van der Waals surface area contributed by atoms with Crippen molar-refractivity contribution >= 4 is 5.69 Å². The molecule has 1 aliphatic heterocycles. The first-order valence-corrected chi connectivity index (χ1v) is 7.25. The number of methoxy groups -OCH3 is 1. The second-order valence-corrected chi connectivity index (χ2v) is 5.38. The summed E-state index contributed by atoms with van der Waals surface area (Å²) in [5.41, 5.74) is 3.14. The monoisotopic (exact) mass is 318 g/mol. The van der Waals surface area contributed by atoms with Gasteiger partial charge in [-0.3, -0.25) is 4.79 Å². The molecule has 3 rings (SSSR count). The van der Waals surface area contributed by atoms with E-state index < -0.39 is 5.92 Å². The van der Waals surface area contributed by atoms with Crippen LogP contribution in [0.2, 0.25) is 0 Å². The van der Waals surface area contributed by atoms with Crippen molar-refractivity contribution in [2.75, 3.05) is 12.4 Å². The number of allylic oxidation sites excluding steroid dienone is 2. The van der Waals surface area contributed by atoms with Crippen molar-refractivity contribution in [2.45, 2.75) is 12.8 Å². The molecule has 6 nitrogen and oxygen atoms in total. The molecule has 2 N–H and O–H groups in total. The zero-order chi connectivity index (χ0) is 17.3. The number of ether oxygens (including phenoxy) is 1. The van der Waals surface area contributed by atoms with Crippen molar-refractivity contribution in [3.8, 4) is 11.8 Å². The standard InChI is InChI=1S/C18H14N4O2/c1-10-17(20-2)15(16-13(22-10)6-7-21-18(16)23)12-5-4-11(9-19)8-14(12)24-3/h4-8,15,22H,1,3H3,(H,21,23). The summed E-state index contributed by atoms with van der Waals surface area (Å²) < 4.78 is 5.41. The summed E-state index contributed by atoms with van der Waals surface area (Å²) in [6.07, 6.45) is 1.57. The van der Waals surface area contributed by atoms with Crippen molar-refractivity contribution in [1.82, 2.24) is 4.98 Å². The average Bonchev–Trinajstić information content (AvgIpc) is 2.60. The molecule has 0 saturated carbocycles. The van der Waals surface area contributed by atoms with Gasteiger partial charge in [0.1, 0.15) is 5.75 Å². The van der Waals surface area contributed by atoms with Crippen molar-refractivity contribution in [3.63, 3.8) is 0 Å². The number of H-pyrrole nitrogens is 1. The predicted octanol–water partition coefficient (Wildman–Crippen LogP) is 2.96. The molecule has 0 bridgehead atoms. The number of aromatic nitrogens is 1. The van der Waals surface area contributed by atoms with Crippen molar-refractivity contribution in [3.05, 3.63) is 80.3 Å². The lowest BCUT2D eigenvalue weighted by Crippen LogP contribution is -2.25. The molecule has 2 aromatic rings. The molecule has 1 aromatic heterocycles. The minimum atomic E-state index is -0.550. The summed E-state index contributed by atoms with van der Waals surface area (Å²) in [6.45, 7) is 9.35. The fourth-order valence-electron chi connectivity index (χ4n) is 2.98. The first-order chi connectivity index (χ1) is 11.6. The highest BCUT2D eigenvalue weighted by Gasteiger charge is 2.33. The van der Waals surface area contributed by atoms with Gasteiger partial charge >= 0.3 is 0 Å². The van der Waals surface area contributed by atoms with Crippen LogP contribution in [0.15, 0.2) is 46.7 Å². The van der Waals surface area contributed by atoms with Gasteiger partial charge in [-0.1, -0.05) is 6.07 Å². The van der Waals surface area contributed by atoms with E-state index in [1.165, 1.54) is 7.11 Å². The van der Waals surface area contributed by atoms with E-state index in [9.17, 15) is 4.79 Å². The third-order valence-corrected chi connectivity index (χ3v) is 4.06. The van der Waals surface area contributed by atoms with Gasteiger partial charge in [-0.05, 0) is 30.7 Å². The van der Waals surface area contributed by atoms with Gasteiger partial charge in [0.05, 0.1) is 31.2 Å². The van der Waals surface area contributed by atoms with Crippen LogP contribution in [0, 0.1) is 17.9 Å². The Morgan fingerprint density at radius 2 is 2.17 bits per heavy atom. The Morgan fingerprint density at radius 3 is 2.83 bits per heavy atom. The molecule has 1 atom stereocenters. The molecular formula is C18H14N4O2. The van der Waals surface area contributed by atoms with E-state index in [4.69, 9.17) is 16.6 Å². The Balaban J connectivity index is 2.33. The largest absolute Gasteiger partial charge is 0.496 e. The molecular weight excluding hydrogens is 304 g/mol. The number of nitrogens with zero attached hydrogens (tertiary/aromatic N) is 2. The third-order valence-electron chi connectivity index (χ3n) is 4.06. The number of hydrogen-bond acceptors (Lipinski definition) is 4. The number of fused-ring (bicyclic) bond motifs is 1. The molecule has 1 unspecified atom stereocenters. The van der Waals surface area contributed by atoms with Crippen LogP contribution in [-0.4, -0.2) is 12.1 Å². The van der Waals surface area contributed by atoms with E-state index in [-0.39, 0.29) is 5.56 Å². The van der Waals surface area contributed by atoms with Crippen LogP contribution in [0.4, 0.5) is 5.69 Å². The van der Waals surface area contributed by atoms with Gasteiger partial charge in [-0.15, -0.1) is 0 Å². The molecule has 118 valence electrons. The maximum Gasteiger partial charge on any atom is 0.252 e. The van der Waals surface area contributed by atoms with Gasteiger partial charge in [0.25, 0.3) is 5.56 Å². The van der Waals surface area contributed by atoms with Gasteiger partial charge in [0, 0.05) is 23.1 Å². The number of nitriles is 1. The van der Waals surface area contributed by atoms with E-state index in [1.54, 1.807) is 37.4 Å². The fraction of sp³-hybridized carbons (Fsp3) is 0.167. The summed E-state index contributed by atoms with van der Waals surface area (Å²) in [5, 5.41) is 12.2. The molecule has 6 heteroatoms. The molecule has 2 heterocycles. The summed E-state index contributed by atoms with van der Waals surface area (Å²) in [7, 11) is 1.51. The van der Waals surface area contributed by atoms with Crippen LogP contribution < -0.4 is 15.6 Å². The molecule has 0 spiro atoms. The van der Waals surface area contributed by atoms with Gasteiger partial charge in [-0.25, -0.2) is 4.85 Å². The number of pyridine rings is 1. The molecule has 0 fully saturated rings. The van der Waals surface area contributed by atoms with E-state index in [2.05, 4.69) is 21.2 Å². The zero-order valence-corrected chi connectivity index (χ0v) is 13.2. The highest BCUT2D eigenvalue weighted by Crippen LogP contribution is 2.43. The molecule has 0 amide bonds. The molecule has 24 heavy (non-hydrogen) atoms. The van der Waals surface area contributed by atoms with Crippen LogP contribution in [0.3, 0.4) is 0 Å². The lowest BCUT2D eigenvalue weighted by atomic mass is 9.84. The minimum absolute atomic E-state index is 0.259. The van der Waals surface area contributed by atoms with E-state index in [0.29, 0.717) is 39.5 Å². The third kappa shape index (κ3) is 2.31. The number of rotatable bonds is 2. The summed E-state index contributed by atoms with van der Waals surface area (Å²) in [5.74, 6) is -0.0736. The summed E-state index contributed by atoms with van der Waals surface area (Å²) in [6, 6.07) is 8.85. The van der Waals surface area contributed by atoms with E-state index in [0.717, 1.165) is 0 Å². The molecule has 0 radical (unpaired) electrons. The van der Waals surface area contributed by atoms with Gasteiger partial charge in [-0.2, -0.15) is 5.26 Å². The molecule has 0 aliphatic carbocycles. The Kier molecular flexibility index (Phi) is 3.81. The molecule has 0 saturated heterocycles. The second-order valence-electron chi connectivity index (χ2n) is 5.38. The maximum absolute atomic E-state index is 12.4. The quantitative estimate of drug-likeness (QED) is 0.834. The van der Waals surface area contributed by atoms with Gasteiger partial charge in [0.2, 0.25) is 0 Å². The van der Waals surface area contributed by atoms with Crippen molar-refractivity contribution < 1.29 is 4.74 Å². The van der Waals surface area contributed by atoms with E-state index in [1.807, 2.05) is 0 Å². The number of nitrogens with one attached hydrogen (secondary N) is 2. The Bertz CT molecular complexity index is 989. The van der Waals surface area contributed by atoms with Crippen LogP contribution in [0.5, 0.6) is 5.75 Å². The summed E-state index contributed by atoms with van der Waals surface area (Å²) >= 11 is 0. The van der Waals surface area contributed by atoms with Crippen LogP contribution >= 0.6 is 0 Å². The Hall–Kier alpha value is -3.51. The summed E-state index contributed by atoms with van der Waals surface area (Å²) in [4.78, 5) is 18.7. The fourth-order valence-corrected chi connectivity index (χ4v) is 2.98. The van der Waals surface area contributed by atoms with Gasteiger partial charge < -0.3 is 15.0 Å². The molecule has 1 aliphatic rings. The maximum atomic E-state index is 12.4. The lowest BCUT2D eigenvalue weighted by Gasteiger charge is -2.27. The molecule has 1 aromatic carbocycles. The van der Waals surface area contributed by atoms with Crippen LogP contribution in [-0.2, 0) is 0 Å². The Morgan fingerprint density at radius 1 is 1.38 bits per heavy atom. The van der Waals surface area contributed by atoms with Crippen molar-refractivity contribution in [2.24, 2.45) is 0 Å². The Labute approximate surface area is 138 Å². The number of aromatic amines is 1. The highest BCUT2D eigenvalue weighted by atomic mass is 16.5.